The van der Waals surface area contributed by atoms with Crippen molar-refractivity contribution in [1.82, 2.24) is 9.62 Å². The van der Waals surface area contributed by atoms with Gasteiger partial charge in [0.25, 0.3) is 5.91 Å². The zero-order chi connectivity index (χ0) is 21.3. The van der Waals surface area contributed by atoms with Gasteiger partial charge in [-0.15, -0.1) is 0 Å². The zero-order valence-electron chi connectivity index (χ0n) is 14.8. The molecule has 0 bridgehead atoms. The van der Waals surface area contributed by atoms with Crippen molar-refractivity contribution in [3.8, 4) is 5.75 Å². The minimum Gasteiger partial charge on any atom is -0.505 e. The quantitative estimate of drug-likeness (QED) is 0.645. The number of benzene rings is 2. The first-order valence-corrected chi connectivity index (χ1v) is 11.2. The lowest BCUT2D eigenvalue weighted by atomic mass is 10.0. The molecule has 6 nitrogen and oxygen atoms in total. The van der Waals surface area contributed by atoms with Crippen molar-refractivity contribution in [2.75, 3.05) is 13.1 Å². The van der Waals surface area contributed by atoms with Crippen LogP contribution >= 0.6 is 34.8 Å². The summed E-state index contributed by atoms with van der Waals surface area (Å²) in [7, 11) is -3.81. The summed E-state index contributed by atoms with van der Waals surface area (Å²) in [6, 6.07) is 5.35. The highest BCUT2D eigenvalue weighted by molar-refractivity contribution is 7.89. The molecule has 1 amide bonds. The second-order valence-corrected chi connectivity index (χ2v) is 9.43. The maximum Gasteiger partial charge on any atom is 0.259 e. The van der Waals surface area contributed by atoms with Crippen molar-refractivity contribution in [2.24, 2.45) is 0 Å². The molecular weight excluding hydrogens is 466 g/mol. The Morgan fingerprint density at radius 2 is 1.69 bits per heavy atom. The molecule has 11 heteroatoms. The number of phenols is 1. The van der Waals surface area contributed by atoms with Crippen LogP contribution in [0.1, 0.15) is 23.2 Å². The summed E-state index contributed by atoms with van der Waals surface area (Å²) in [6.45, 7) is 0.463. The van der Waals surface area contributed by atoms with Gasteiger partial charge in [0, 0.05) is 19.1 Å². The lowest BCUT2D eigenvalue weighted by molar-refractivity contribution is 0.0708. The van der Waals surface area contributed by atoms with E-state index in [-0.39, 0.29) is 38.6 Å². The van der Waals surface area contributed by atoms with Gasteiger partial charge in [-0.1, -0.05) is 34.8 Å². The second kappa shape index (κ2) is 8.65. The Morgan fingerprint density at radius 3 is 2.28 bits per heavy atom. The fourth-order valence-corrected chi connectivity index (χ4v) is 5.03. The molecule has 0 unspecified atom stereocenters. The number of halogens is 4. The number of nitrogens with zero attached hydrogens (tertiary/aromatic N) is 1. The van der Waals surface area contributed by atoms with Crippen LogP contribution < -0.4 is 4.72 Å². The van der Waals surface area contributed by atoms with Crippen LogP contribution in [0, 0.1) is 5.82 Å². The monoisotopic (exact) mass is 480 g/mol. The molecule has 156 valence electrons. The van der Waals surface area contributed by atoms with E-state index in [0.29, 0.717) is 12.8 Å². The number of aromatic hydroxyl groups is 1. The Morgan fingerprint density at radius 1 is 1.10 bits per heavy atom. The highest BCUT2D eigenvalue weighted by Gasteiger charge is 2.30. The maximum atomic E-state index is 13.0. The fourth-order valence-electron chi connectivity index (χ4n) is 3.04. The number of rotatable bonds is 4. The average Bonchev–Trinajstić information content (AvgIpc) is 2.67. The van der Waals surface area contributed by atoms with Gasteiger partial charge in [-0.3, -0.25) is 4.79 Å². The van der Waals surface area contributed by atoms with E-state index in [1.807, 2.05) is 0 Å². The van der Waals surface area contributed by atoms with E-state index >= 15 is 0 Å². The van der Waals surface area contributed by atoms with Gasteiger partial charge >= 0.3 is 0 Å². The van der Waals surface area contributed by atoms with Gasteiger partial charge in [0.15, 0.2) is 0 Å². The fraction of sp³-hybridized carbons (Fsp3) is 0.278. The molecule has 29 heavy (non-hydrogen) atoms. The maximum absolute atomic E-state index is 13.0. The zero-order valence-corrected chi connectivity index (χ0v) is 17.9. The van der Waals surface area contributed by atoms with Gasteiger partial charge in [0.2, 0.25) is 10.0 Å². The van der Waals surface area contributed by atoms with Crippen molar-refractivity contribution in [1.29, 1.82) is 0 Å². The molecule has 0 aromatic heterocycles. The molecule has 0 spiro atoms. The predicted octanol–water partition coefficient (Wildman–Crippen LogP) is 4.07. The van der Waals surface area contributed by atoms with Crippen LogP contribution in [0.2, 0.25) is 15.1 Å². The van der Waals surface area contributed by atoms with Gasteiger partial charge in [-0.25, -0.2) is 17.5 Å². The Bertz CT molecular complexity index is 1010. The van der Waals surface area contributed by atoms with Crippen molar-refractivity contribution in [3.05, 3.63) is 56.8 Å². The number of nitrogens with one attached hydrogen (secondary N) is 1. The number of hydrogen-bond acceptors (Lipinski definition) is 4. The molecule has 1 fully saturated rings. The molecule has 0 radical (unpaired) electrons. The first-order chi connectivity index (χ1) is 13.6. The third kappa shape index (κ3) is 4.78. The van der Waals surface area contributed by atoms with Gasteiger partial charge in [-0.05, 0) is 43.2 Å². The molecule has 0 atom stereocenters. The average molecular weight is 482 g/mol. The van der Waals surface area contributed by atoms with Crippen LogP contribution in [-0.2, 0) is 10.0 Å². The summed E-state index contributed by atoms with van der Waals surface area (Å²) in [5.41, 5.74) is -0.186. The first-order valence-electron chi connectivity index (χ1n) is 8.54. The highest BCUT2D eigenvalue weighted by Crippen LogP contribution is 2.39. The van der Waals surface area contributed by atoms with E-state index in [2.05, 4.69) is 4.72 Å². The molecule has 1 aliphatic heterocycles. The van der Waals surface area contributed by atoms with Crippen LogP contribution in [-0.4, -0.2) is 43.5 Å². The van der Waals surface area contributed by atoms with E-state index in [1.54, 1.807) is 0 Å². The molecule has 0 aliphatic carbocycles. The smallest absolute Gasteiger partial charge is 0.259 e. The van der Waals surface area contributed by atoms with Gasteiger partial charge in [0.05, 0.1) is 20.0 Å². The van der Waals surface area contributed by atoms with Crippen LogP contribution in [0.25, 0.3) is 0 Å². The third-order valence-corrected chi connectivity index (χ3v) is 7.20. The number of likely N-dealkylation sites (tertiary alicyclic amines) is 1. The van der Waals surface area contributed by atoms with Crippen molar-refractivity contribution in [3.63, 3.8) is 0 Å². The van der Waals surface area contributed by atoms with Crippen LogP contribution in [0.5, 0.6) is 5.75 Å². The molecule has 1 heterocycles. The number of amides is 1. The van der Waals surface area contributed by atoms with Gasteiger partial charge in [0.1, 0.15) is 17.1 Å². The topological polar surface area (TPSA) is 86.7 Å². The second-order valence-electron chi connectivity index (χ2n) is 6.52. The minimum absolute atomic E-state index is 0.0392. The standard InChI is InChI=1S/C18H16Cl3FN2O4S/c19-13-9-14(20)17(25)15(16(13)21)18(26)24-7-5-11(6-8-24)23-29(27,28)12-3-1-10(22)2-4-12/h1-4,9,11,23,25H,5-8H2. The highest BCUT2D eigenvalue weighted by atomic mass is 35.5. The van der Waals surface area contributed by atoms with E-state index in [9.17, 15) is 22.7 Å². The summed E-state index contributed by atoms with van der Waals surface area (Å²) in [5.74, 6) is -1.53. The Labute approximate surface area is 182 Å². The van der Waals surface area contributed by atoms with Crippen molar-refractivity contribution >= 4 is 50.7 Å². The lowest BCUT2D eigenvalue weighted by Gasteiger charge is -2.32. The molecule has 2 aromatic carbocycles. The molecule has 2 aromatic rings. The third-order valence-electron chi connectivity index (χ3n) is 4.59. The Balaban J connectivity index is 1.68. The molecule has 1 aliphatic rings. The van der Waals surface area contributed by atoms with Crippen molar-refractivity contribution in [2.45, 2.75) is 23.8 Å². The SMILES string of the molecule is O=C(c1c(O)c(Cl)cc(Cl)c1Cl)N1CCC(NS(=O)(=O)c2ccc(F)cc2)CC1. The normalized spacial score (nSPS) is 15.5. The number of carbonyl (C=O) groups excluding carboxylic acids is 1. The Kier molecular flexibility index (Phi) is 6.60. The lowest BCUT2D eigenvalue weighted by Crippen LogP contribution is -2.46. The van der Waals surface area contributed by atoms with Gasteiger partial charge in [-0.2, -0.15) is 0 Å². The molecule has 0 saturated carbocycles. The molecule has 3 rings (SSSR count). The van der Waals surface area contributed by atoms with Crippen LogP contribution in [0.4, 0.5) is 4.39 Å². The number of phenolic OH excluding ortho intramolecular Hbond substituents is 1. The van der Waals surface area contributed by atoms with Crippen LogP contribution in [0.3, 0.4) is 0 Å². The summed E-state index contributed by atoms with van der Waals surface area (Å²) in [6.07, 6.45) is 0.692. The molecule has 1 saturated heterocycles. The number of sulfonamides is 1. The minimum atomic E-state index is -3.81. The van der Waals surface area contributed by atoms with E-state index in [1.165, 1.54) is 23.1 Å². The number of hydrogen-bond donors (Lipinski definition) is 2. The van der Waals surface area contributed by atoms with E-state index in [4.69, 9.17) is 34.8 Å². The summed E-state index contributed by atoms with van der Waals surface area (Å²) >= 11 is 17.9. The Hall–Kier alpha value is -1.58. The first kappa shape index (κ1) is 22.1. The predicted molar refractivity (Wildman–Crippen MR) is 109 cm³/mol. The largest absolute Gasteiger partial charge is 0.505 e. The van der Waals surface area contributed by atoms with Crippen molar-refractivity contribution < 1.29 is 22.7 Å². The molecule has 2 N–H and O–H groups in total. The van der Waals surface area contributed by atoms with Gasteiger partial charge < -0.3 is 10.0 Å². The summed E-state index contributed by atoms with van der Waals surface area (Å²) < 4.78 is 40.4. The summed E-state index contributed by atoms with van der Waals surface area (Å²) in [5, 5.41) is 9.96. The van der Waals surface area contributed by atoms with Crippen LogP contribution in [0.15, 0.2) is 35.2 Å². The van der Waals surface area contributed by atoms with E-state index < -0.39 is 33.5 Å². The van der Waals surface area contributed by atoms with E-state index in [0.717, 1.165) is 12.1 Å². The molecular formula is C18H16Cl3FN2O4S. The number of carbonyl (C=O) groups is 1. The summed E-state index contributed by atoms with van der Waals surface area (Å²) in [4.78, 5) is 14.2. The number of piperidine rings is 1.